The Bertz CT molecular complexity index is 537. The Labute approximate surface area is 111 Å². The Kier molecular flexibility index (Phi) is 4.30. The first kappa shape index (κ1) is 13.3. The van der Waals surface area contributed by atoms with E-state index in [-0.39, 0.29) is 0 Å². The van der Waals surface area contributed by atoms with Crippen molar-refractivity contribution in [3.8, 4) is 5.69 Å². The third-order valence-corrected chi connectivity index (χ3v) is 2.98. The summed E-state index contributed by atoms with van der Waals surface area (Å²) in [6.07, 6.45) is 2.71. The van der Waals surface area contributed by atoms with E-state index in [0.29, 0.717) is 19.4 Å². The van der Waals surface area contributed by atoms with Gasteiger partial charge in [0.05, 0.1) is 17.3 Å². The minimum Gasteiger partial charge on any atom is -0.481 e. The van der Waals surface area contributed by atoms with E-state index in [1.807, 2.05) is 42.6 Å². The molecule has 1 unspecified atom stereocenters. The zero-order valence-corrected chi connectivity index (χ0v) is 10.6. The zero-order chi connectivity index (χ0) is 13.7. The van der Waals surface area contributed by atoms with Crippen molar-refractivity contribution < 1.29 is 9.90 Å². The smallest absolute Gasteiger partial charge is 0.306 e. The van der Waals surface area contributed by atoms with Gasteiger partial charge in [0.25, 0.3) is 0 Å². The summed E-state index contributed by atoms with van der Waals surface area (Å²) in [5, 5.41) is 13.5. The van der Waals surface area contributed by atoms with Gasteiger partial charge in [0.2, 0.25) is 0 Å². The number of carboxylic acid groups (broad SMARTS) is 1. The van der Waals surface area contributed by atoms with Crippen molar-refractivity contribution >= 4 is 5.97 Å². The van der Waals surface area contributed by atoms with Crippen LogP contribution in [-0.2, 0) is 11.2 Å². The fourth-order valence-corrected chi connectivity index (χ4v) is 1.96. The van der Waals surface area contributed by atoms with Crippen molar-refractivity contribution in [2.45, 2.75) is 12.8 Å². The number of carbonyl (C=O) groups is 1. The quantitative estimate of drug-likeness (QED) is 0.823. The van der Waals surface area contributed by atoms with Gasteiger partial charge in [-0.1, -0.05) is 18.2 Å². The van der Waals surface area contributed by atoms with Crippen LogP contribution >= 0.6 is 0 Å². The maximum absolute atomic E-state index is 11.1. The molecular formula is C14H17N3O2. The predicted molar refractivity (Wildman–Crippen MR) is 72.1 cm³/mol. The van der Waals surface area contributed by atoms with Crippen LogP contribution in [0.15, 0.2) is 42.6 Å². The Morgan fingerprint density at radius 3 is 2.68 bits per heavy atom. The SMILES string of the molecule is NCCC(Cc1ccn(-c2ccccc2)n1)C(=O)O. The second-order valence-corrected chi connectivity index (χ2v) is 4.40. The van der Waals surface area contributed by atoms with Gasteiger partial charge in [-0.3, -0.25) is 4.79 Å². The highest BCUT2D eigenvalue weighted by Crippen LogP contribution is 2.13. The third-order valence-electron chi connectivity index (χ3n) is 2.98. The molecule has 100 valence electrons. The Morgan fingerprint density at radius 1 is 1.32 bits per heavy atom. The van der Waals surface area contributed by atoms with Crippen molar-refractivity contribution in [3.05, 3.63) is 48.3 Å². The van der Waals surface area contributed by atoms with Crippen LogP contribution in [0.25, 0.3) is 5.69 Å². The van der Waals surface area contributed by atoms with E-state index in [1.165, 1.54) is 0 Å². The number of aromatic nitrogens is 2. The highest BCUT2D eigenvalue weighted by molar-refractivity contribution is 5.70. The Balaban J connectivity index is 2.11. The molecule has 2 aromatic rings. The van der Waals surface area contributed by atoms with Gasteiger partial charge in [0.15, 0.2) is 0 Å². The number of hydrogen-bond acceptors (Lipinski definition) is 3. The average Bonchev–Trinajstić information content (AvgIpc) is 2.88. The zero-order valence-electron chi connectivity index (χ0n) is 10.6. The molecule has 0 aliphatic heterocycles. The van der Waals surface area contributed by atoms with Crippen LogP contribution in [0.3, 0.4) is 0 Å². The van der Waals surface area contributed by atoms with Crippen molar-refractivity contribution in [1.82, 2.24) is 9.78 Å². The topological polar surface area (TPSA) is 81.1 Å². The lowest BCUT2D eigenvalue weighted by Crippen LogP contribution is -2.20. The fourth-order valence-electron chi connectivity index (χ4n) is 1.96. The first-order valence-corrected chi connectivity index (χ1v) is 6.23. The van der Waals surface area contributed by atoms with Crippen LogP contribution in [0.2, 0.25) is 0 Å². The van der Waals surface area contributed by atoms with Crippen LogP contribution in [0.4, 0.5) is 0 Å². The Morgan fingerprint density at radius 2 is 2.05 bits per heavy atom. The predicted octanol–water partition coefficient (Wildman–Crippen LogP) is 1.46. The molecule has 0 saturated carbocycles. The molecule has 1 aromatic carbocycles. The van der Waals surface area contributed by atoms with E-state index in [2.05, 4.69) is 5.10 Å². The molecule has 1 aromatic heterocycles. The first-order chi connectivity index (χ1) is 9.20. The number of nitrogens with zero attached hydrogens (tertiary/aromatic N) is 2. The lowest BCUT2D eigenvalue weighted by atomic mass is 10.00. The molecule has 0 spiro atoms. The first-order valence-electron chi connectivity index (χ1n) is 6.23. The maximum atomic E-state index is 11.1. The van der Waals surface area contributed by atoms with Crippen molar-refractivity contribution in [2.75, 3.05) is 6.54 Å². The summed E-state index contributed by atoms with van der Waals surface area (Å²) in [5.74, 6) is -1.29. The molecule has 0 saturated heterocycles. The molecule has 5 nitrogen and oxygen atoms in total. The molecular weight excluding hydrogens is 242 g/mol. The highest BCUT2D eigenvalue weighted by Gasteiger charge is 2.18. The average molecular weight is 259 g/mol. The van der Waals surface area contributed by atoms with Crippen molar-refractivity contribution in [1.29, 1.82) is 0 Å². The number of aliphatic carboxylic acids is 1. The minimum atomic E-state index is -0.820. The molecule has 0 aliphatic carbocycles. The van der Waals surface area contributed by atoms with Gasteiger partial charge in [0.1, 0.15) is 0 Å². The molecule has 5 heteroatoms. The molecule has 0 bridgehead atoms. The van der Waals surface area contributed by atoms with Crippen molar-refractivity contribution in [2.24, 2.45) is 11.7 Å². The maximum Gasteiger partial charge on any atom is 0.306 e. The van der Waals surface area contributed by atoms with Crippen molar-refractivity contribution in [3.63, 3.8) is 0 Å². The summed E-state index contributed by atoms with van der Waals surface area (Å²) in [6, 6.07) is 11.6. The van der Waals surface area contributed by atoms with E-state index < -0.39 is 11.9 Å². The largest absolute Gasteiger partial charge is 0.481 e. The summed E-state index contributed by atoms with van der Waals surface area (Å²) in [7, 11) is 0. The molecule has 19 heavy (non-hydrogen) atoms. The molecule has 0 amide bonds. The van der Waals surface area contributed by atoms with Gasteiger partial charge in [0, 0.05) is 12.6 Å². The monoisotopic (exact) mass is 259 g/mol. The minimum absolute atomic E-state index is 0.371. The van der Waals surface area contributed by atoms with Gasteiger partial charge >= 0.3 is 5.97 Å². The summed E-state index contributed by atoms with van der Waals surface area (Å²) < 4.78 is 1.75. The number of rotatable bonds is 6. The van der Waals surface area contributed by atoms with Crippen LogP contribution in [-0.4, -0.2) is 27.4 Å². The number of nitrogens with two attached hydrogens (primary N) is 1. The van der Waals surface area contributed by atoms with E-state index in [1.54, 1.807) is 4.68 Å². The standard InChI is InChI=1S/C14H17N3O2/c15-8-6-11(14(18)19)10-12-7-9-17(16-12)13-4-2-1-3-5-13/h1-5,7,9,11H,6,8,10,15H2,(H,18,19). The second-order valence-electron chi connectivity index (χ2n) is 4.40. The Hall–Kier alpha value is -2.14. The summed E-state index contributed by atoms with van der Waals surface area (Å²) in [5.41, 5.74) is 7.15. The van der Waals surface area contributed by atoms with Gasteiger partial charge in [-0.25, -0.2) is 4.68 Å². The number of para-hydroxylation sites is 1. The van der Waals surface area contributed by atoms with Crippen LogP contribution in [0.5, 0.6) is 0 Å². The van der Waals surface area contributed by atoms with Gasteiger partial charge < -0.3 is 10.8 Å². The molecule has 0 aliphatic rings. The molecule has 0 fully saturated rings. The summed E-state index contributed by atoms with van der Waals surface area (Å²) in [6.45, 7) is 0.371. The second kappa shape index (κ2) is 6.15. The number of hydrogen-bond donors (Lipinski definition) is 2. The number of benzene rings is 1. The van der Waals surface area contributed by atoms with E-state index in [9.17, 15) is 4.79 Å². The number of carboxylic acids is 1. The van der Waals surface area contributed by atoms with Gasteiger partial charge in [-0.05, 0) is 31.2 Å². The molecule has 1 heterocycles. The lowest BCUT2D eigenvalue weighted by Gasteiger charge is -2.08. The molecule has 3 N–H and O–H groups in total. The van der Waals surface area contributed by atoms with Crippen LogP contribution in [0.1, 0.15) is 12.1 Å². The van der Waals surface area contributed by atoms with Gasteiger partial charge in [-0.15, -0.1) is 0 Å². The molecule has 0 radical (unpaired) electrons. The van der Waals surface area contributed by atoms with E-state index in [0.717, 1.165) is 11.4 Å². The summed E-state index contributed by atoms with van der Waals surface area (Å²) in [4.78, 5) is 11.1. The summed E-state index contributed by atoms with van der Waals surface area (Å²) >= 11 is 0. The third kappa shape index (κ3) is 3.42. The highest BCUT2D eigenvalue weighted by atomic mass is 16.4. The fraction of sp³-hybridized carbons (Fsp3) is 0.286. The van der Waals surface area contributed by atoms with Gasteiger partial charge in [-0.2, -0.15) is 5.10 Å². The van der Waals surface area contributed by atoms with E-state index >= 15 is 0 Å². The normalized spacial score (nSPS) is 12.3. The lowest BCUT2D eigenvalue weighted by molar-refractivity contribution is -0.141. The molecule has 2 rings (SSSR count). The van der Waals surface area contributed by atoms with Crippen LogP contribution in [0, 0.1) is 5.92 Å². The van der Waals surface area contributed by atoms with E-state index in [4.69, 9.17) is 10.8 Å². The molecule has 1 atom stereocenters. The van der Waals surface area contributed by atoms with Crippen LogP contribution < -0.4 is 5.73 Å².